The van der Waals surface area contributed by atoms with Crippen LogP contribution in [0, 0.1) is 0 Å². The number of carbonyl (C=O) groups is 1. The molecule has 4 nitrogen and oxygen atoms in total. The number of nitrogens with two attached hydrogens (primary N) is 1. The molecule has 1 fully saturated rings. The van der Waals surface area contributed by atoms with Gasteiger partial charge in [0.1, 0.15) is 0 Å². The molecule has 0 spiro atoms. The van der Waals surface area contributed by atoms with Crippen LogP contribution in [0.5, 0.6) is 0 Å². The zero-order valence-corrected chi connectivity index (χ0v) is 15.2. The number of anilines is 1. The van der Waals surface area contributed by atoms with E-state index < -0.39 is 0 Å². The third-order valence-electron chi connectivity index (χ3n) is 4.55. The second kappa shape index (κ2) is 9.56. The predicted molar refractivity (Wildman–Crippen MR) is 105 cm³/mol. The summed E-state index contributed by atoms with van der Waals surface area (Å²) in [7, 11) is 0. The smallest absolute Gasteiger partial charge is 0.255 e. The lowest BCUT2D eigenvalue weighted by Crippen LogP contribution is -2.22. The molecule has 0 unspecified atom stereocenters. The number of carbonyl (C=O) groups excluding carboxylic acids is 1. The van der Waals surface area contributed by atoms with Crippen molar-refractivity contribution in [3.05, 3.63) is 65.2 Å². The molecule has 0 aromatic heterocycles. The van der Waals surface area contributed by atoms with Gasteiger partial charge in [0, 0.05) is 24.3 Å². The molecule has 134 valence electrons. The van der Waals surface area contributed by atoms with Crippen molar-refractivity contribution < 1.29 is 4.79 Å². The summed E-state index contributed by atoms with van der Waals surface area (Å²) >= 11 is 0. The first kappa shape index (κ1) is 19.4. The van der Waals surface area contributed by atoms with Crippen LogP contribution in [0.1, 0.15) is 34.3 Å². The number of nitrogens with one attached hydrogen (secondary N) is 1. The topological polar surface area (TPSA) is 58.4 Å². The maximum absolute atomic E-state index is 12.3. The van der Waals surface area contributed by atoms with E-state index in [0.29, 0.717) is 12.1 Å². The number of benzene rings is 2. The Morgan fingerprint density at radius 3 is 2.44 bits per heavy atom. The van der Waals surface area contributed by atoms with Gasteiger partial charge < -0.3 is 16.0 Å². The fourth-order valence-corrected chi connectivity index (χ4v) is 3.09. The van der Waals surface area contributed by atoms with Crippen LogP contribution in [0.3, 0.4) is 0 Å². The molecule has 0 atom stereocenters. The molecule has 3 rings (SSSR count). The van der Waals surface area contributed by atoms with E-state index in [4.69, 9.17) is 5.73 Å². The highest BCUT2D eigenvalue weighted by Crippen LogP contribution is 2.15. The SMILES string of the molecule is Cl.NCc1ccc(C(=O)Nc2cccc(CCN3CCCC3)c2)cc1. The summed E-state index contributed by atoms with van der Waals surface area (Å²) in [6, 6.07) is 15.5. The lowest BCUT2D eigenvalue weighted by Gasteiger charge is -2.14. The minimum absolute atomic E-state index is 0. The molecule has 1 aliphatic heterocycles. The fraction of sp³-hybridized carbons (Fsp3) is 0.350. The van der Waals surface area contributed by atoms with Gasteiger partial charge in [-0.3, -0.25) is 4.79 Å². The van der Waals surface area contributed by atoms with E-state index in [0.717, 1.165) is 24.2 Å². The minimum atomic E-state index is -0.0877. The Balaban J connectivity index is 0.00000225. The second-order valence-electron chi connectivity index (χ2n) is 6.35. The Labute approximate surface area is 155 Å². The Morgan fingerprint density at radius 2 is 1.76 bits per heavy atom. The highest BCUT2D eigenvalue weighted by atomic mass is 35.5. The quantitative estimate of drug-likeness (QED) is 0.830. The summed E-state index contributed by atoms with van der Waals surface area (Å²) in [4.78, 5) is 14.8. The molecule has 1 saturated heterocycles. The Kier molecular flexibility index (Phi) is 7.44. The molecule has 0 aliphatic carbocycles. The highest BCUT2D eigenvalue weighted by Gasteiger charge is 2.11. The number of hydrogen-bond acceptors (Lipinski definition) is 3. The Morgan fingerprint density at radius 1 is 1.04 bits per heavy atom. The van der Waals surface area contributed by atoms with Crippen LogP contribution in [0.4, 0.5) is 5.69 Å². The van der Waals surface area contributed by atoms with Gasteiger partial charge in [-0.15, -0.1) is 12.4 Å². The highest BCUT2D eigenvalue weighted by molar-refractivity contribution is 6.04. The third kappa shape index (κ3) is 5.56. The number of amides is 1. The zero-order valence-electron chi connectivity index (χ0n) is 14.4. The van der Waals surface area contributed by atoms with Crippen LogP contribution in [-0.2, 0) is 13.0 Å². The Bertz CT molecular complexity index is 682. The first-order valence-electron chi connectivity index (χ1n) is 8.66. The van der Waals surface area contributed by atoms with E-state index in [-0.39, 0.29) is 18.3 Å². The van der Waals surface area contributed by atoms with Gasteiger partial charge in [-0.1, -0.05) is 24.3 Å². The standard InChI is InChI=1S/C20H25N3O.ClH/c21-15-17-6-8-18(9-7-17)20(24)22-19-5-3-4-16(14-19)10-13-23-11-1-2-12-23;/h3-9,14H,1-2,10-13,15,21H2,(H,22,24);1H. The number of rotatable bonds is 6. The van der Waals surface area contributed by atoms with E-state index in [1.54, 1.807) is 0 Å². The monoisotopic (exact) mass is 359 g/mol. The normalized spacial score (nSPS) is 14.1. The molecule has 0 saturated carbocycles. The van der Waals surface area contributed by atoms with Crippen LogP contribution in [0.25, 0.3) is 0 Å². The molecule has 0 radical (unpaired) electrons. The van der Waals surface area contributed by atoms with Crippen molar-refractivity contribution in [1.82, 2.24) is 4.90 Å². The van der Waals surface area contributed by atoms with Crippen LogP contribution >= 0.6 is 12.4 Å². The second-order valence-corrected chi connectivity index (χ2v) is 6.35. The van der Waals surface area contributed by atoms with Gasteiger partial charge in [-0.05, 0) is 67.7 Å². The maximum Gasteiger partial charge on any atom is 0.255 e. The van der Waals surface area contributed by atoms with Crippen LogP contribution in [0.15, 0.2) is 48.5 Å². The zero-order chi connectivity index (χ0) is 16.8. The number of halogens is 1. The van der Waals surface area contributed by atoms with Crippen molar-refractivity contribution in [2.45, 2.75) is 25.8 Å². The average Bonchev–Trinajstić information content (AvgIpc) is 3.14. The predicted octanol–water partition coefficient (Wildman–Crippen LogP) is 3.46. The van der Waals surface area contributed by atoms with Gasteiger partial charge in [0.2, 0.25) is 0 Å². The molecule has 5 heteroatoms. The fourth-order valence-electron chi connectivity index (χ4n) is 3.09. The molecular weight excluding hydrogens is 334 g/mol. The van der Waals surface area contributed by atoms with Crippen molar-refractivity contribution in [3.8, 4) is 0 Å². The number of likely N-dealkylation sites (tertiary alicyclic amines) is 1. The van der Waals surface area contributed by atoms with Crippen LogP contribution in [0.2, 0.25) is 0 Å². The molecule has 2 aromatic carbocycles. The molecular formula is C20H26ClN3O. The van der Waals surface area contributed by atoms with E-state index in [1.807, 2.05) is 36.4 Å². The average molecular weight is 360 g/mol. The van der Waals surface area contributed by atoms with Crippen molar-refractivity contribution in [2.75, 3.05) is 25.0 Å². The molecule has 1 heterocycles. The van der Waals surface area contributed by atoms with Gasteiger partial charge in [0.15, 0.2) is 0 Å². The van der Waals surface area contributed by atoms with Crippen LogP contribution in [-0.4, -0.2) is 30.4 Å². The van der Waals surface area contributed by atoms with E-state index in [9.17, 15) is 4.79 Å². The summed E-state index contributed by atoms with van der Waals surface area (Å²) in [6.07, 6.45) is 3.66. The van der Waals surface area contributed by atoms with Crippen molar-refractivity contribution in [2.24, 2.45) is 5.73 Å². The summed E-state index contributed by atoms with van der Waals surface area (Å²) < 4.78 is 0. The van der Waals surface area contributed by atoms with E-state index >= 15 is 0 Å². The molecule has 0 bridgehead atoms. The number of hydrogen-bond donors (Lipinski definition) is 2. The third-order valence-corrected chi connectivity index (χ3v) is 4.55. The minimum Gasteiger partial charge on any atom is -0.326 e. The first-order valence-corrected chi connectivity index (χ1v) is 8.66. The largest absolute Gasteiger partial charge is 0.326 e. The molecule has 1 aliphatic rings. The Hall–Kier alpha value is -1.88. The van der Waals surface area contributed by atoms with Gasteiger partial charge in [0.05, 0.1) is 0 Å². The van der Waals surface area contributed by atoms with E-state index in [2.05, 4.69) is 22.3 Å². The summed E-state index contributed by atoms with van der Waals surface area (Å²) in [5.74, 6) is -0.0877. The van der Waals surface area contributed by atoms with Crippen molar-refractivity contribution in [1.29, 1.82) is 0 Å². The molecule has 2 aromatic rings. The van der Waals surface area contributed by atoms with Gasteiger partial charge in [0.25, 0.3) is 5.91 Å². The summed E-state index contributed by atoms with van der Waals surface area (Å²) in [6.45, 7) is 4.02. The first-order chi connectivity index (χ1) is 11.7. The lowest BCUT2D eigenvalue weighted by atomic mass is 10.1. The maximum atomic E-state index is 12.3. The van der Waals surface area contributed by atoms with Crippen molar-refractivity contribution >= 4 is 24.0 Å². The van der Waals surface area contributed by atoms with Gasteiger partial charge in [-0.2, -0.15) is 0 Å². The lowest BCUT2D eigenvalue weighted by molar-refractivity contribution is 0.102. The van der Waals surface area contributed by atoms with Crippen LogP contribution < -0.4 is 11.1 Å². The van der Waals surface area contributed by atoms with E-state index in [1.165, 1.54) is 31.5 Å². The summed E-state index contributed by atoms with van der Waals surface area (Å²) in [5.41, 5.74) is 9.37. The molecule has 1 amide bonds. The van der Waals surface area contributed by atoms with Crippen molar-refractivity contribution in [3.63, 3.8) is 0 Å². The van der Waals surface area contributed by atoms with Gasteiger partial charge >= 0.3 is 0 Å². The van der Waals surface area contributed by atoms with Gasteiger partial charge in [-0.25, -0.2) is 0 Å². The molecule has 25 heavy (non-hydrogen) atoms. The molecule has 3 N–H and O–H groups in total. The number of nitrogens with zero attached hydrogens (tertiary/aromatic N) is 1. The summed E-state index contributed by atoms with van der Waals surface area (Å²) in [5, 5.41) is 2.98.